The number of hydrogen-bond acceptors (Lipinski definition) is 2. The van der Waals surface area contributed by atoms with E-state index in [4.69, 9.17) is 11.6 Å². The number of carbonyl (C=O) groups excluding carboxylic acids is 1. The number of hydrogen-bond donors (Lipinski definition) is 2. The van der Waals surface area contributed by atoms with Crippen molar-refractivity contribution in [2.75, 3.05) is 25.0 Å². The minimum Gasteiger partial charge on any atom is -0.396 e. The molecule has 0 bridgehead atoms. The summed E-state index contributed by atoms with van der Waals surface area (Å²) in [6, 6.07) is 3.93. The molecule has 1 aromatic carbocycles. The van der Waals surface area contributed by atoms with Gasteiger partial charge in [0.05, 0.1) is 5.02 Å². The van der Waals surface area contributed by atoms with Crippen LogP contribution in [-0.2, 0) is 0 Å². The van der Waals surface area contributed by atoms with E-state index in [1.807, 2.05) is 0 Å². The third kappa shape index (κ3) is 3.66. The maximum atomic E-state index is 13.3. The molecular formula is C15H20ClFN2O2. The summed E-state index contributed by atoms with van der Waals surface area (Å²) in [6.07, 6.45) is 2.46. The van der Waals surface area contributed by atoms with Crippen molar-refractivity contribution in [2.45, 2.75) is 26.2 Å². The Morgan fingerprint density at radius 2 is 2.14 bits per heavy atom. The van der Waals surface area contributed by atoms with Gasteiger partial charge in [-0.3, -0.25) is 0 Å². The van der Waals surface area contributed by atoms with Gasteiger partial charge in [0.15, 0.2) is 0 Å². The molecule has 2 rings (SSSR count). The molecule has 21 heavy (non-hydrogen) atoms. The summed E-state index contributed by atoms with van der Waals surface area (Å²) < 4.78 is 13.3. The van der Waals surface area contributed by atoms with Crippen LogP contribution in [0.15, 0.2) is 18.2 Å². The van der Waals surface area contributed by atoms with E-state index in [2.05, 4.69) is 12.2 Å². The maximum Gasteiger partial charge on any atom is 0.321 e. The molecule has 0 spiro atoms. The van der Waals surface area contributed by atoms with Gasteiger partial charge in [0.25, 0.3) is 0 Å². The average molecular weight is 315 g/mol. The number of aliphatic hydroxyl groups excluding tert-OH is 1. The fourth-order valence-corrected chi connectivity index (χ4v) is 2.70. The molecule has 1 fully saturated rings. The SMILES string of the molecule is CCC1(CO)CCN(C(=O)Nc2ccc(Cl)c(F)c2)CC1. The van der Waals surface area contributed by atoms with Crippen LogP contribution in [0.5, 0.6) is 0 Å². The van der Waals surface area contributed by atoms with E-state index < -0.39 is 5.82 Å². The van der Waals surface area contributed by atoms with Gasteiger partial charge in [-0.1, -0.05) is 18.5 Å². The molecule has 0 saturated carbocycles. The van der Waals surface area contributed by atoms with E-state index in [0.717, 1.165) is 19.3 Å². The van der Waals surface area contributed by atoms with Gasteiger partial charge < -0.3 is 15.3 Å². The number of likely N-dealkylation sites (tertiary alicyclic amines) is 1. The first-order valence-corrected chi connectivity index (χ1v) is 7.49. The molecular weight excluding hydrogens is 295 g/mol. The van der Waals surface area contributed by atoms with Crippen molar-refractivity contribution in [2.24, 2.45) is 5.41 Å². The summed E-state index contributed by atoms with van der Waals surface area (Å²) in [6.45, 7) is 3.40. The van der Waals surface area contributed by atoms with E-state index in [9.17, 15) is 14.3 Å². The van der Waals surface area contributed by atoms with Crippen LogP contribution in [0.4, 0.5) is 14.9 Å². The highest BCUT2D eigenvalue weighted by molar-refractivity contribution is 6.30. The van der Waals surface area contributed by atoms with E-state index in [0.29, 0.717) is 18.8 Å². The number of nitrogens with one attached hydrogen (secondary N) is 1. The topological polar surface area (TPSA) is 52.6 Å². The lowest BCUT2D eigenvalue weighted by Gasteiger charge is -2.40. The van der Waals surface area contributed by atoms with Gasteiger partial charge in [0.2, 0.25) is 0 Å². The van der Waals surface area contributed by atoms with Gasteiger partial charge in [0, 0.05) is 25.4 Å². The fraction of sp³-hybridized carbons (Fsp3) is 0.533. The van der Waals surface area contributed by atoms with Crippen molar-refractivity contribution in [1.82, 2.24) is 4.90 Å². The molecule has 1 heterocycles. The number of piperidine rings is 1. The van der Waals surface area contributed by atoms with E-state index in [1.54, 1.807) is 11.0 Å². The Kier molecular flexibility index (Phi) is 5.06. The van der Waals surface area contributed by atoms with Crippen LogP contribution in [0.25, 0.3) is 0 Å². The second-order valence-corrected chi connectivity index (χ2v) is 5.96. The normalized spacial score (nSPS) is 17.6. The minimum absolute atomic E-state index is 0.0293. The predicted molar refractivity (Wildman–Crippen MR) is 81.0 cm³/mol. The van der Waals surface area contributed by atoms with Crippen LogP contribution >= 0.6 is 11.6 Å². The summed E-state index contributed by atoms with van der Waals surface area (Å²) in [5.41, 5.74) is 0.319. The van der Waals surface area contributed by atoms with Gasteiger partial charge in [-0.25, -0.2) is 9.18 Å². The van der Waals surface area contributed by atoms with Crippen molar-refractivity contribution in [3.8, 4) is 0 Å². The molecule has 2 amide bonds. The fourth-order valence-electron chi connectivity index (χ4n) is 2.58. The highest BCUT2D eigenvalue weighted by atomic mass is 35.5. The average Bonchev–Trinajstić information content (AvgIpc) is 2.51. The van der Waals surface area contributed by atoms with Crippen molar-refractivity contribution in [3.05, 3.63) is 29.0 Å². The van der Waals surface area contributed by atoms with Crippen LogP contribution in [0.2, 0.25) is 5.02 Å². The molecule has 0 aliphatic carbocycles. The molecule has 1 aliphatic rings. The maximum absolute atomic E-state index is 13.3. The molecule has 2 N–H and O–H groups in total. The Hall–Kier alpha value is -1.33. The zero-order valence-corrected chi connectivity index (χ0v) is 12.8. The van der Waals surface area contributed by atoms with Crippen molar-refractivity contribution in [1.29, 1.82) is 0 Å². The summed E-state index contributed by atoms with van der Waals surface area (Å²) >= 11 is 5.61. The first-order chi connectivity index (χ1) is 9.99. The van der Waals surface area contributed by atoms with E-state index in [-0.39, 0.29) is 23.1 Å². The summed E-state index contributed by atoms with van der Waals surface area (Å²) in [4.78, 5) is 13.8. The Balaban J connectivity index is 1.94. The van der Waals surface area contributed by atoms with E-state index in [1.165, 1.54) is 12.1 Å². The Morgan fingerprint density at radius 1 is 1.48 bits per heavy atom. The van der Waals surface area contributed by atoms with Gasteiger partial charge in [-0.2, -0.15) is 0 Å². The zero-order valence-electron chi connectivity index (χ0n) is 12.0. The number of benzene rings is 1. The lowest BCUT2D eigenvalue weighted by Crippen LogP contribution is -2.46. The standard InChI is InChI=1S/C15H20ClFN2O2/c1-2-15(10-20)5-7-19(8-6-15)14(21)18-11-3-4-12(16)13(17)9-11/h3-4,9,20H,2,5-8,10H2,1H3,(H,18,21). The summed E-state index contributed by atoms with van der Waals surface area (Å²) in [5.74, 6) is -0.557. The van der Waals surface area contributed by atoms with Gasteiger partial charge >= 0.3 is 6.03 Å². The van der Waals surface area contributed by atoms with Crippen molar-refractivity contribution < 1.29 is 14.3 Å². The molecule has 0 radical (unpaired) electrons. The van der Waals surface area contributed by atoms with Crippen LogP contribution in [-0.4, -0.2) is 35.7 Å². The van der Waals surface area contributed by atoms with Crippen LogP contribution < -0.4 is 5.32 Å². The number of halogens is 2. The predicted octanol–water partition coefficient (Wildman–Crippen LogP) is 3.50. The van der Waals surface area contributed by atoms with Crippen molar-refractivity contribution >= 4 is 23.3 Å². The molecule has 4 nitrogen and oxygen atoms in total. The Bertz CT molecular complexity index is 510. The number of nitrogens with zero attached hydrogens (tertiary/aromatic N) is 1. The largest absolute Gasteiger partial charge is 0.396 e. The summed E-state index contributed by atoms with van der Waals surface area (Å²) in [5, 5.41) is 12.2. The number of rotatable bonds is 3. The Morgan fingerprint density at radius 3 is 2.67 bits per heavy atom. The molecule has 116 valence electrons. The molecule has 1 saturated heterocycles. The number of anilines is 1. The minimum atomic E-state index is -0.557. The number of aliphatic hydroxyl groups is 1. The smallest absolute Gasteiger partial charge is 0.321 e. The summed E-state index contributed by atoms with van der Waals surface area (Å²) in [7, 11) is 0. The third-order valence-corrected chi connectivity index (χ3v) is 4.67. The van der Waals surface area contributed by atoms with Gasteiger partial charge in [-0.15, -0.1) is 0 Å². The Labute approximate surface area is 128 Å². The highest BCUT2D eigenvalue weighted by Crippen LogP contribution is 2.34. The quantitative estimate of drug-likeness (QED) is 0.897. The molecule has 0 aromatic heterocycles. The first kappa shape index (κ1) is 16.0. The molecule has 6 heteroatoms. The first-order valence-electron chi connectivity index (χ1n) is 7.11. The van der Waals surface area contributed by atoms with Crippen LogP contribution in [0.1, 0.15) is 26.2 Å². The molecule has 1 aromatic rings. The number of urea groups is 1. The lowest BCUT2D eigenvalue weighted by molar-refractivity contribution is 0.0542. The highest BCUT2D eigenvalue weighted by Gasteiger charge is 2.33. The monoisotopic (exact) mass is 314 g/mol. The van der Waals surface area contributed by atoms with Crippen LogP contribution in [0.3, 0.4) is 0 Å². The van der Waals surface area contributed by atoms with Gasteiger partial charge in [0.1, 0.15) is 5.82 Å². The third-order valence-electron chi connectivity index (χ3n) is 4.37. The second kappa shape index (κ2) is 6.62. The second-order valence-electron chi connectivity index (χ2n) is 5.56. The zero-order chi connectivity index (χ0) is 15.5. The molecule has 0 atom stereocenters. The van der Waals surface area contributed by atoms with Crippen LogP contribution in [0, 0.1) is 11.2 Å². The lowest BCUT2D eigenvalue weighted by atomic mass is 9.77. The number of carbonyl (C=O) groups is 1. The van der Waals surface area contributed by atoms with E-state index >= 15 is 0 Å². The molecule has 0 unspecified atom stereocenters. The molecule has 1 aliphatic heterocycles. The van der Waals surface area contributed by atoms with Gasteiger partial charge in [-0.05, 0) is 42.9 Å². The number of amides is 2. The van der Waals surface area contributed by atoms with Crippen molar-refractivity contribution in [3.63, 3.8) is 0 Å².